The van der Waals surface area contributed by atoms with Gasteiger partial charge in [-0.2, -0.15) is 8.42 Å². The molecule has 0 unspecified atom stereocenters. The van der Waals surface area contributed by atoms with Crippen LogP contribution < -0.4 is 0 Å². The predicted octanol–water partition coefficient (Wildman–Crippen LogP) is 1.85. The molecule has 1 aromatic rings. The van der Waals surface area contributed by atoms with E-state index in [9.17, 15) is 18.5 Å². The highest BCUT2D eigenvalue weighted by molar-refractivity contribution is 7.86. The molecule has 0 saturated heterocycles. The number of non-ortho nitro benzene ring substituents is 1. The van der Waals surface area contributed by atoms with Gasteiger partial charge in [-0.1, -0.05) is 0 Å². The number of nitro benzene ring substituents is 1. The van der Waals surface area contributed by atoms with Crippen molar-refractivity contribution in [3.8, 4) is 0 Å². The smallest absolute Gasteiger partial charge is 0.263 e. The maximum atomic E-state index is 11.7. The van der Waals surface area contributed by atoms with Crippen LogP contribution in [-0.4, -0.2) is 19.4 Å². The van der Waals surface area contributed by atoms with Crippen molar-refractivity contribution in [2.24, 2.45) is 0 Å². The van der Waals surface area contributed by atoms with Gasteiger partial charge in [0.15, 0.2) is 0 Å². The molecule has 2 rings (SSSR count). The molecule has 92 valence electrons. The quantitative estimate of drug-likeness (QED) is 0.466. The number of benzene rings is 1. The van der Waals surface area contributed by atoms with Crippen molar-refractivity contribution in [1.82, 2.24) is 0 Å². The monoisotopic (exact) mass is 257 g/mol. The highest BCUT2D eigenvalue weighted by Crippen LogP contribution is 2.27. The van der Waals surface area contributed by atoms with E-state index in [1.54, 1.807) is 0 Å². The van der Waals surface area contributed by atoms with Gasteiger partial charge in [-0.05, 0) is 31.4 Å². The second-order valence-corrected chi connectivity index (χ2v) is 5.43. The SMILES string of the molecule is O=[N+]([O-])c1ccc(S(=O)(=O)OC2CCC2)cc1. The summed E-state index contributed by atoms with van der Waals surface area (Å²) in [6, 6.07) is 4.67. The first-order chi connectivity index (χ1) is 7.99. The third-order valence-electron chi connectivity index (χ3n) is 2.65. The topological polar surface area (TPSA) is 86.5 Å². The molecule has 0 bridgehead atoms. The van der Waals surface area contributed by atoms with Gasteiger partial charge in [0.05, 0.1) is 15.9 Å². The van der Waals surface area contributed by atoms with Crippen LogP contribution in [0.15, 0.2) is 29.2 Å². The van der Waals surface area contributed by atoms with Crippen LogP contribution in [0.25, 0.3) is 0 Å². The van der Waals surface area contributed by atoms with Crippen molar-refractivity contribution in [3.63, 3.8) is 0 Å². The van der Waals surface area contributed by atoms with Crippen LogP contribution in [0.5, 0.6) is 0 Å². The molecule has 1 saturated carbocycles. The zero-order valence-corrected chi connectivity index (χ0v) is 9.72. The fraction of sp³-hybridized carbons (Fsp3) is 0.400. The van der Waals surface area contributed by atoms with Crippen LogP contribution >= 0.6 is 0 Å². The largest absolute Gasteiger partial charge is 0.297 e. The molecule has 17 heavy (non-hydrogen) atoms. The molecule has 0 radical (unpaired) electrons. The number of hydrogen-bond donors (Lipinski definition) is 0. The first-order valence-electron chi connectivity index (χ1n) is 5.17. The van der Waals surface area contributed by atoms with Gasteiger partial charge in [0.1, 0.15) is 0 Å². The van der Waals surface area contributed by atoms with Gasteiger partial charge >= 0.3 is 0 Å². The summed E-state index contributed by atoms with van der Waals surface area (Å²) >= 11 is 0. The Balaban J connectivity index is 2.17. The molecule has 0 amide bonds. The molecule has 6 nitrogen and oxygen atoms in total. The summed E-state index contributed by atoms with van der Waals surface area (Å²) in [5.74, 6) is 0. The van der Waals surface area contributed by atoms with E-state index in [4.69, 9.17) is 4.18 Å². The van der Waals surface area contributed by atoms with Crippen LogP contribution in [0, 0.1) is 10.1 Å². The van der Waals surface area contributed by atoms with E-state index in [2.05, 4.69) is 0 Å². The first kappa shape index (κ1) is 12.0. The molecule has 0 atom stereocenters. The van der Waals surface area contributed by atoms with E-state index in [-0.39, 0.29) is 16.7 Å². The molecule has 0 heterocycles. The Hall–Kier alpha value is -1.47. The van der Waals surface area contributed by atoms with Crippen LogP contribution in [0.2, 0.25) is 0 Å². The van der Waals surface area contributed by atoms with E-state index in [0.29, 0.717) is 0 Å². The summed E-state index contributed by atoms with van der Waals surface area (Å²) in [7, 11) is -3.79. The third kappa shape index (κ3) is 2.62. The van der Waals surface area contributed by atoms with Gasteiger partial charge in [-0.3, -0.25) is 14.3 Å². The van der Waals surface area contributed by atoms with Crippen LogP contribution in [-0.2, 0) is 14.3 Å². The summed E-state index contributed by atoms with van der Waals surface area (Å²) in [6.45, 7) is 0. The van der Waals surface area contributed by atoms with Gasteiger partial charge in [0.25, 0.3) is 15.8 Å². The summed E-state index contributed by atoms with van der Waals surface area (Å²) < 4.78 is 28.4. The second kappa shape index (κ2) is 4.42. The molecule has 0 aromatic heterocycles. The third-order valence-corrected chi connectivity index (χ3v) is 4.03. The lowest BCUT2D eigenvalue weighted by Crippen LogP contribution is -2.25. The van der Waals surface area contributed by atoms with Gasteiger partial charge in [-0.15, -0.1) is 0 Å². The maximum Gasteiger partial charge on any atom is 0.297 e. The Morgan fingerprint density at radius 1 is 1.24 bits per heavy atom. The van der Waals surface area contributed by atoms with Crippen molar-refractivity contribution in [2.45, 2.75) is 30.3 Å². The summed E-state index contributed by atoms with van der Waals surface area (Å²) in [4.78, 5) is 9.79. The van der Waals surface area contributed by atoms with Crippen molar-refractivity contribution >= 4 is 15.8 Å². The molecule has 0 aliphatic heterocycles. The molecule has 1 aromatic carbocycles. The number of rotatable bonds is 4. The number of nitro groups is 1. The lowest BCUT2D eigenvalue weighted by molar-refractivity contribution is -0.384. The Morgan fingerprint density at radius 3 is 2.24 bits per heavy atom. The van der Waals surface area contributed by atoms with Crippen molar-refractivity contribution in [2.75, 3.05) is 0 Å². The predicted molar refractivity (Wildman–Crippen MR) is 59.0 cm³/mol. The van der Waals surface area contributed by atoms with Gasteiger partial charge in [0, 0.05) is 12.1 Å². The molecule has 0 spiro atoms. The molecular weight excluding hydrogens is 246 g/mol. The number of hydrogen-bond acceptors (Lipinski definition) is 5. The first-order valence-corrected chi connectivity index (χ1v) is 6.57. The lowest BCUT2D eigenvalue weighted by atomic mass is 9.97. The minimum atomic E-state index is -3.79. The van der Waals surface area contributed by atoms with E-state index < -0.39 is 15.0 Å². The summed E-state index contributed by atoms with van der Waals surface area (Å²) in [5, 5.41) is 10.4. The van der Waals surface area contributed by atoms with Crippen LogP contribution in [0.3, 0.4) is 0 Å². The zero-order valence-electron chi connectivity index (χ0n) is 8.90. The Kier molecular flexibility index (Phi) is 3.12. The average Bonchev–Trinajstić information content (AvgIpc) is 2.24. The number of nitrogens with zero attached hydrogens (tertiary/aromatic N) is 1. The van der Waals surface area contributed by atoms with E-state index in [1.807, 2.05) is 0 Å². The van der Waals surface area contributed by atoms with Gasteiger partial charge < -0.3 is 0 Å². The molecule has 1 aliphatic carbocycles. The zero-order chi connectivity index (χ0) is 12.5. The van der Waals surface area contributed by atoms with Crippen molar-refractivity contribution in [1.29, 1.82) is 0 Å². The van der Waals surface area contributed by atoms with Crippen molar-refractivity contribution in [3.05, 3.63) is 34.4 Å². The fourth-order valence-electron chi connectivity index (χ4n) is 1.44. The summed E-state index contributed by atoms with van der Waals surface area (Å²) in [6.07, 6.45) is 2.22. The molecule has 0 N–H and O–H groups in total. The Bertz CT molecular complexity index is 518. The fourth-order valence-corrected chi connectivity index (χ4v) is 2.57. The lowest BCUT2D eigenvalue weighted by Gasteiger charge is -2.24. The highest BCUT2D eigenvalue weighted by atomic mass is 32.2. The average molecular weight is 257 g/mol. The highest BCUT2D eigenvalue weighted by Gasteiger charge is 2.26. The van der Waals surface area contributed by atoms with E-state index in [0.717, 1.165) is 31.4 Å². The van der Waals surface area contributed by atoms with Gasteiger partial charge in [-0.25, -0.2) is 0 Å². The molecular formula is C10H11NO5S. The van der Waals surface area contributed by atoms with Crippen LogP contribution in [0.1, 0.15) is 19.3 Å². The molecule has 7 heteroatoms. The molecule has 1 fully saturated rings. The minimum absolute atomic E-state index is 0.0463. The second-order valence-electron chi connectivity index (χ2n) is 3.85. The van der Waals surface area contributed by atoms with E-state index >= 15 is 0 Å². The standard InChI is InChI=1S/C10H11NO5S/c12-11(13)8-4-6-10(7-5-8)17(14,15)16-9-2-1-3-9/h4-7,9H,1-3H2. The van der Waals surface area contributed by atoms with Gasteiger partial charge in [0.2, 0.25) is 0 Å². The molecule has 1 aliphatic rings. The Labute approximate surface area is 98.5 Å². The minimum Gasteiger partial charge on any atom is -0.263 e. The van der Waals surface area contributed by atoms with E-state index in [1.165, 1.54) is 12.1 Å². The Morgan fingerprint density at radius 2 is 1.82 bits per heavy atom. The van der Waals surface area contributed by atoms with Crippen LogP contribution in [0.4, 0.5) is 5.69 Å². The summed E-state index contributed by atoms with van der Waals surface area (Å²) in [5.41, 5.74) is -0.146. The van der Waals surface area contributed by atoms with Crippen molar-refractivity contribution < 1.29 is 17.5 Å². The normalized spacial score (nSPS) is 16.5. The maximum absolute atomic E-state index is 11.7.